The second kappa shape index (κ2) is 7.47. The second-order valence-corrected chi connectivity index (χ2v) is 7.47. The number of terminal acetylenes is 1. The van der Waals surface area contributed by atoms with E-state index in [-0.39, 0.29) is 5.56 Å². The molecule has 0 unspecified atom stereocenters. The molecular weight excluding hydrogens is 322 g/mol. The van der Waals surface area contributed by atoms with Crippen molar-refractivity contribution in [3.63, 3.8) is 0 Å². The van der Waals surface area contributed by atoms with Crippen molar-refractivity contribution in [3.8, 4) is 12.3 Å². The molecule has 0 spiro atoms. The van der Waals surface area contributed by atoms with Gasteiger partial charge in [0.1, 0.15) is 5.82 Å². The molecule has 1 aromatic carbocycles. The van der Waals surface area contributed by atoms with Gasteiger partial charge in [-0.25, -0.2) is 4.98 Å². The Balaban J connectivity index is 1.56. The molecule has 0 atom stereocenters. The van der Waals surface area contributed by atoms with Gasteiger partial charge in [0.05, 0.1) is 5.69 Å². The molecule has 134 valence electrons. The van der Waals surface area contributed by atoms with Gasteiger partial charge in [-0.3, -0.25) is 9.69 Å². The van der Waals surface area contributed by atoms with Crippen molar-refractivity contribution >= 4 is 0 Å². The van der Waals surface area contributed by atoms with Crippen molar-refractivity contribution < 1.29 is 0 Å². The molecule has 0 bridgehead atoms. The van der Waals surface area contributed by atoms with Gasteiger partial charge in [0, 0.05) is 36.7 Å². The Bertz CT molecular complexity index is 887. The summed E-state index contributed by atoms with van der Waals surface area (Å²) in [7, 11) is 0. The number of H-pyrrole nitrogens is 1. The van der Waals surface area contributed by atoms with E-state index >= 15 is 0 Å². The lowest BCUT2D eigenvalue weighted by Crippen LogP contribution is -2.36. The summed E-state index contributed by atoms with van der Waals surface area (Å²) in [5, 5.41) is 0. The van der Waals surface area contributed by atoms with E-state index in [0.29, 0.717) is 5.92 Å². The highest BCUT2D eigenvalue weighted by atomic mass is 16.1. The van der Waals surface area contributed by atoms with Crippen molar-refractivity contribution in [3.05, 3.63) is 62.8 Å². The topological polar surface area (TPSA) is 49.0 Å². The lowest BCUT2D eigenvalue weighted by Gasteiger charge is -2.29. The molecule has 2 aromatic rings. The minimum Gasteiger partial charge on any atom is -0.310 e. The van der Waals surface area contributed by atoms with Crippen LogP contribution in [0.3, 0.4) is 0 Å². The maximum absolute atomic E-state index is 12.6. The van der Waals surface area contributed by atoms with Crippen LogP contribution >= 0.6 is 0 Å². The molecule has 2 aliphatic rings. The Hall–Kier alpha value is -2.38. The number of aromatic amines is 1. The highest BCUT2D eigenvalue weighted by molar-refractivity contribution is 5.39. The number of hydrogen-bond donors (Lipinski definition) is 1. The Labute approximate surface area is 154 Å². The van der Waals surface area contributed by atoms with Crippen molar-refractivity contribution in [2.24, 2.45) is 0 Å². The monoisotopic (exact) mass is 347 g/mol. The third kappa shape index (κ3) is 3.45. The van der Waals surface area contributed by atoms with Crippen LogP contribution in [-0.4, -0.2) is 21.4 Å². The zero-order valence-corrected chi connectivity index (χ0v) is 15.1. The molecular formula is C22H25N3O. The van der Waals surface area contributed by atoms with Gasteiger partial charge in [-0.15, -0.1) is 6.42 Å². The summed E-state index contributed by atoms with van der Waals surface area (Å²) in [6.45, 7) is 2.38. The number of fused-ring (bicyclic) bond motifs is 1. The first-order chi connectivity index (χ1) is 12.7. The lowest BCUT2D eigenvalue weighted by atomic mass is 9.88. The van der Waals surface area contributed by atoms with Crippen LogP contribution in [0.5, 0.6) is 0 Å². The van der Waals surface area contributed by atoms with Crippen LogP contribution in [0.2, 0.25) is 0 Å². The normalized spacial score (nSPS) is 18.3. The molecule has 4 heteroatoms. The Kier molecular flexibility index (Phi) is 4.90. The van der Waals surface area contributed by atoms with Crippen LogP contribution in [0.1, 0.15) is 66.2 Å². The fourth-order valence-electron chi connectivity index (χ4n) is 4.26. The molecule has 0 saturated heterocycles. The molecule has 1 aliphatic carbocycles. The highest BCUT2D eigenvalue weighted by Gasteiger charge is 2.24. The van der Waals surface area contributed by atoms with Crippen molar-refractivity contribution in [1.82, 2.24) is 14.9 Å². The van der Waals surface area contributed by atoms with Crippen LogP contribution in [-0.2, 0) is 19.5 Å². The first-order valence-corrected chi connectivity index (χ1v) is 9.63. The highest BCUT2D eigenvalue weighted by Crippen LogP contribution is 2.31. The summed E-state index contributed by atoms with van der Waals surface area (Å²) in [5.41, 5.74) is 4.00. The number of aromatic nitrogens is 2. The maximum atomic E-state index is 12.6. The predicted molar refractivity (Wildman–Crippen MR) is 103 cm³/mol. The van der Waals surface area contributed by atoms with E-state index < -0.39 is 0 Å². The SMILES string of the molecule is C#Cc1ccccc1CN1CCc2c(nc(C3CCCCC3)[nH]c2=O)C1. The van der Waals surface area contributed by atoms with Crippen LogP contribution in [0, 0.1) is 12.3 Å². The summed E-state index contributed by atoms with van der Waals surface area (Å²) in [5.74, 6) is 4.09. The van der Waals surface area contributed by atoms with E-state index in [0.717, 1.165) is 67.1 Å². The van der Waals surface area contributed by atoms with E-state index in [2.05, 4.69) is 21.9 Å². The van der Waals surface area contributed by atoms with E-state index in [1.165, 1.54) is 19.3 Å². The number of nitrogens with zero attached hydrogens (tertiary/aromatic N) is 2. The van der Waals surface area contributed by atoms with Crippen LogP contribution in [0.4, 0.5) is 0 Å². The van der Waals surface area contributed by atoms with Crippen molar-refractivity contribution in [2.45, 2.75) is 57.5 Å². The fourth-order valence-corrected chi connectivity index (χ4v) is 4.26. The number of nitrogens with one attached hydrogen (secondary N) is 1. The van der Waals surface area contributed by atoms with E-state index in [1.54, 1.807) is 0 Å². The fraction of sp³-hybridized carbons (Fsp3) is 0.455. The Morgan fingerprint density at radius 1 is 1.23 bits per heavy atom. The molecule has 1 aromatic heterocycles. The minimum absolute atomic E-state index is 0.0687. The summed E-state index contributed by atoms with van der Waals surface area (Å²) in [6, 6.07) is 8.07. The molecule has 1 N–H and O–H groups in total. The summed E-state index contributed by atoms with van der Waals surface area (Å²) in [4.78, 5) is 22.9. The van der Waals surface area contributed by atoms with Gasteiger partial charge in [0.2, 0.25) is 0 Å². The van der Waals surface area contributed by atoms with Crippen molar-refractivity contribution in [2.75, 3.05) is 6.54 Å². The molecule has 1 aliphatic heterocycles. The Morgan fingerprint density at radius 2 is 2.04 bits per heavy atom. The molecule has 4 nitrogen and oxygen atoms in total. The summed E-state index contributed by atoms with van der Waals surface area (Å²) >= 11 is 0. The van der Waals surface area contributed by atoms with Gasteiger partial charge < -0.3 is 4.98 Å². The van der Waals surface area contributed by atoms with Gasteiger partial charge in [0.15, 0.2) is 0 Å². The molecule has 2 heterocycles. The van der Waals surface area contributed by atoms with Crippen molar-refractivity contribution in [1.29, 1.82) is 0 Å². The number of rotatable bonds is 3. The average Bonchev–Trinajstić information content (AvgIpc) is 2.69. The third-order valence-corrected chi connectivity index (χ3v) is 5.73. The maximum Gasteiger partial charge on any atom is 0.254 e. The molecule has 4 rings (SSSR count). The summed E-state index contributed by atoms with van der Waals surface area (Å²) < 4.78 is 0. The van der Waals surface area contributed by atoms with Crippen LogP contribution < -0.4 is 5.56 Å². The predicted octanol–water partition coefficient (Wildman–Crippen LogP) is 3.36. The first-order valence-electron chi connectivity index (χ1n) is 9.63. The van der Waals surface area contributed by atoms with E-state index in [1.807, 2.05) is 18.2 Å². The Morgan fingerprint density at radius 3 is 2.85 bits per heavy atom. The molecule has 1 saturated carbocycles. The van der Waals surface area contributed by atoms with E-state index in [4.69, 9.17) is 11.4 Å². The standard InChI is InChI=1S/C22H25N3O/c1-2-16-8-6-7-11-18(16)14-25-13-12-19-20(15-25)23-21(24-22(19)26)17-9-4-3-5-10-17/h1,6-8,11,17H,3-5,9-10,12-15H2,(H,23,24,26). The first kappa shape index (κ1) is 17.1. The van der Waals surface area contributed by atoms with Gasteiger partial charge >= 0.3 is 0 Å². The minimum atomic E-state index is 0.0687. The van der Waals surface area contributed by atoms with Crippen LogP contribution in [0.25, 0.3) is 0 Å². The third-order valence-electron chi connectivity index (χ3n) is 5.73. The molecule has 1 fully saturated rings. The zero-order chi connectivity index (χ0) is 17.9. The average molecular weight is 347 g/mol. The number of benzene rings is 1. The molecule has 0 radical (unpaired) electrons. The molecule has 26 heavy (non-hydrogen) atoms. The van der Waals surface area contributed by atoms with Gasteiger partial charge in [-0.2, -0.15) is 0 Å². The zero-order valence-electron chi connectivity index (χ0n) is 15.1. The van der Waals surface area contributed by atoms with E-state index in [9.17, 15) is 4.79 Å². The largest absolute Gasteiger partial charge is 0.310 e. The van der Waals surface area contributed by atoms with Gasteiger partial charge in [-0.05, 0) is 30.9 Å². The molecule has 0 amide bonds. The number of hydrogen-bond acceptors (Lipinski definition) is 3. The lowest BCUT2D eigenvalue weighted by molar-refractivity contribution is 0.239. The summed E-state index contributed by atoms with van der Waals surface area (Å²) in [6.07, 6.45) is 12.4. The smallest absolute Gasteiger partial charge is 0.254 e. The van der Waals surface area contributed by atoms with Gasteiger partial charge in [0.25, 0.3) is 5.56 Å². The van der Waals surface area contributed by atoms with Crippen LogP contribution in [0.15, 0.2) is 29.1 Å². The van der Waals surface area contributed by atoms with Gasteiger partial charge in [-0.1, -0.05) is 43.4 Å². The second-order valence-electron chi connectivity index (χ2n) is 7.47. The quantitative estimate of drug-likeness (QED) is 0.866.